The first-order valence-corrected chi connectivity index (χ1v) is 4.11. The fraction of sp³-hybridized carbons (Fsp3) is 0.625. The first-order valence-electron chi connectivity index (χ1n) is 4.11. The summed E-state index contributed by atoms with van der Waals surface area (Å²) in [6.45, 7) is 4.19. The van der Waals surface area contributed by atoms with E-state index in [0.717, 1.165) is 18.8 Å². The van der Waals surface area contributed by atoms with E-state index >= 15 is 0 Å². The molecule has 0 amide bonds. The van der Waals surface area contributed by atoms with Crippen LogP contribution in [-0.4, -0.2) is 16.5 Å². The third-order valence-electron chi connectivity index (χ3n) is 1.58. The quantitative estimate of drug-likeness (QED) is 0.626. The summed E-state index contributed by atoms with van der Waals surface area (Å²) in [6.07, 6.45) is 6.04. The Bertz CT molecular complexity index is 169. The summed E-state index contributed by atoms with van der Waals surface area (Å²) < 4.78 is 0. The average molecular weight is 153 g/mol. The van der Waals surface area contributed by atoms with Crippen LogP contribution in [0.4, 0.5) is 0 Å². The van der Waals surface area contributed by atoms with Crippen LogP contribution in [-0.2, 0) is 6.54 Å². The Morgan fingerprint density at radius 1 is 1.64 bits per heavy atom. The number of hydrogen-bond donors (Lipinski definition) is 2. The highest BCUT2D eigenvalue weighted by atomic mass is 14.9. The minimum atomic E-state index is 0.903. The third kappa shape index (κ3) is 3.18. The van der Waals surface area contributed by atoms with Gasteiger partial charge < -0.3 is 10.3 Å². The lowest BCUT2D eigenvalue weighted by Gasteiger charge is -1.99. The molecule has 62 valence electrons. The lowest BCUT2D eigenvalue weighted by atomic mass is 10.3. The van der Waals surface area contributed by atoms with Gasteiger partial charge in [0, 0.05) is 18.4 Å². The van der Waals surface area contributed by atoms with Crippen LogP contribution in [0.1, 0.15) is 25.5 Å². The Labute approximate surface area is 67.2 Å². The van der Waals surface area contributed by atoms with Crippen molar-refractivity contribution >= 4 is 0 Å². The second-order valence-corrected chi connectivity index (χ2v) is 2.61. The first-order chi connectivity index (χ1) is 5.43. The summed E-state index contributed by atoms with van der Waals surface area (Å²) in [5, 5.41) is 3.32. The van der Waals surface area contributed by atoms with Gasteiger partial charge in [-0.1, -0.05) is 13.3 Å². The summed E-state index contributed by atoms with van der Waals surface area (Å²) in [7, 11) is 0. The van der Waals surface area contributed by atoms with Crippen molar-refractivity contribution in [2.45, 2.75) is 26.3 Å². The van der Waals surface area contributed by atoms with Crippen molar-refractivity contribution in [1.29, 1.82) is 0 Å². The number of aromatic amines is 1. The topological polar surface area (TPSA) is 40.7 Å². The van der Waals surface area contributed by atoms with Crippen molar-refractivity contribution in [2.24, 2.45) is 0 Å². The second kappa shape index (κ2) is 4.91. The predicted molar refractivity (Wildman–Crippen MR) is 45.2 cm³/mol. The van der Waals surface area contributed by atoms with Gasteiger partial charge in [0.05, 0.1) is 6.33 Å². The molecular formula is C8H15N3. The molecule has 0 saturated heterocycles. The molecule has 3 heteroatoms. The predicted octanol–water partition coefficient (Wildman–Crippen LogP) is 1.30. The van der Waals surface area contributed by atoms with Crippen LogP contribution in [0.5, 0.6) is 0 Å². The molecule has 0 spiro atoms. The number of imidazole rings is 1. The summed E-state index contributed by atoms with van der Waals surface area (Å²) in [4.78, 5) is 6.97. The van der Waals surface area contributed by atoms with E-state index in [9.17, 15) is 0 Å². The molecule has 1 aromatic heterocycles. The van der Waals surface area contributed by atoms with Crippen molar-refractivity contribution in [3.63, 3.8) is 0 Å². The zero-order valence-electron chi connectivity index (χ0n) is 6.93. The van der Waals surface area contributed by atoms with Crippen LogP contribution in [0, 0.1) is 0 Å². The standard InChI is InChI=1S/C8H15N3/c1-2-3-4-9-5-8-6-10-7-11-8/h6-7,9H,2-5H2,1H3,(H,10,11). The van der Waals surface area contributed by atoms with Gasteiger partial charge in [0.2, 0.25) is 0 Å². The minimum Gasteiger partial charge on any atom is -0.347 e. The number of H-pyrrole nitrogens is 1. The molecule has 0 atom stereocenters. The van der Waals surface area contributed by atoms with Gasteiger partial charge in [0.15, 0.2) is 0 Å². The van der Waals surface area contributed by atoms with Crippen LogP contribution in [0.3, 0.4) is 0 Å². The van der Waals surface area contributed by atoms with E-state index in [-0.39, 0.29) is 0 Å². The zero-order chi connectivity index (χ0) is 7.94. The summed E-state index contributed by atoms with van der Waals surface area (Å²) in [6, 6.07) is 0. The third-order valence-corrected chi connectivity index (χ3v) is 1.58. The van der Waals surface area contributed by atoms with Gasteiger partial charge >= 0.3 is 0 Å². The highest BCUT2D eigenvalue weighted by Gasteiger charge is 1.90. The van der Waals surface area contributed by atoms with Crippen LogP contribution in [0.15, 0.2) is 12.5 Å². The van der Waals surface area contributed by atoms with Crippen LogP contribution < -0.4 is 5.32 Å². The molecule has 0 fully saturated rings. The van der Waals surface area contributed by atoms with E-state index in [4.69, 9.17) is 0 Å². The molecule has 11 heavy (non-hydrogen) atoms. The molecule has 0 saturated carbocycles. The highest BCUT2D eigenvalue weighted by Crippen LogP contribution is 1.89. The molecular weight excluding hydrogens is 138 g/mol. The van der Waals surface area contributed by atoms with Crippen LogP contribution >= 0.6 is 0 Å². The lowest BCUT2D eigenvalue weighted by Crippen LogP contribution is -2.14. The fourth-order valence-electron chi connectivity index (χ4n) is 0.906. The van der Waals surface area contributed by atoms with E-state index in [1.54, 1.807) is 6.33 Å². The number of nitrogens with zero attached hydrogens (tertiary/aromatic N) is 1. The molecule has 1 heterocycles. The summed E-state index contributed by atoms with van der Waals surface area (Å²) >= 11 is 0. The molecule has 0 aromatic carbocycles. The Morgan fingerprint density at radius 3 is 3.18 bits per heavy atom. The molecule has 2 N–H and O–H groups in total. The summed E-state index contributed by atoms with van der Waals surface area (Å²) in [5.74, 6) is 0. The largest absolute Gasteiger partial charge is 0.347 e. The molecule has 0 unspecified atom stereocenters. The monoisotopic (exact) mass is 153 g/mol. The Morgan fingerprint density at radius 2 is 2.55 bits per heavy atom. The van der Waals surface area contributed by atoms with E-state index in [2.05, 4.69) is 22.2 Å². The normalized spacial score (nSPS) is 10.3. The molecule has 0 aliphatic carbocycles. The molecule has 3 nitrogen and oxygen atoms in total. The summed E-state index contributed by atoms with van der Waals surface area (Å²) in [5.41, 5.74) is 1.15. The molecule has 0 aliphatic rings. The van der Waals surface area contributed by atoms with Gasteiger partial charge in [0.1, 0.15) is 0 Å². The van der Waals surface area contributed by atoms with Gasteiger partial charge in [-0.15, -0.1) is 0 Å². The van der Waals surface area contributed by atoms with Gasteiger partial charge in [-0.25, -0.2) is 4.98 Å². The lowest BCUT2D eigenvalue weighted by molar-refractivity contribution is 0.635. The fourth-order valence-corrected chi connectivity index (χ4v) is 0.906. The average Bonchev–Trinajstić information content (AvgIpc) is 2.50. The smallest absolute Gasteiger partial charge is 0.0922 e. The number of hydrogen-bond acceptors (Lipinski definition) is 2. The van der Waals surface area contributed by atoms with Gasteiger partial charge in [-0.3, -0.25) is 0 Å². The number of unbranched alkanes of at least 4 members (excludes halogenated alkanes) is 1. The molecule has 1 aromatic rings. The van der Waals surface area contributed by atoms with Gasteiger partial charge in [-0.05, 0) is 13.0 Å². The van der Waals surface area contributed by atoms with E-state index in [1.807, 2.05) is 6.20 Å². The maximum absolute atomic E-state index is 3.93. The van der Waals surface area contributed by atoms with Gasteiger partial charge in [-0.2, -0.15) is 0 Å². The van der Waals surface area contributed by atoms with Crippen molar-refractivity contribution in [3.8, 4) is 0 Å². The van der Waals surface area contributed by atoms with E-state index in [1.165, 1.54) is 12.8 Å². The van der Waals surface area contributed by atoms with Crippen molar-refractivity contribution in [1.82, 2.24) is 15.3 Å². The SMILES string of the molecule is CCCCNCc1cnc[nH]1. The van der Waals surface area contributed by atoms with Crippen molar-refractivity contribution < 1.29 is 0 Å². The maximum Gasteiger partial charge on any atom is 0.0922 e. The van der Waals surface area contributed by atoms with E-state index in [0.29, 0.717) is 0 Å². The Kier molecular flexibility index (Phi) is 3.69. The van der Waals surface area contributed by atoms with Gasteiger partial charge in [0.25, 0.3) is 0 Å². The van der Waals surface area contributed by atoms with Crippen molar-refractivity contribution in [3.05, 3.63) is 18.2 Å². The number of nitrogens with one attached hydrogen (secondary N) is 2. The molecule has 1 rings (SSSR count). The van der Waals surface area contributed by atoms with Crippen LogP contribution in [0.25, 0.3) is 0 Å². The zero-order valence-corrected chi connectivity index (χ0v) is 6.93. The number of rotatable bonds is 5. The molecule has 0 radical (unpaired) electrons. The van der Waals surface area contributed by atoms with E-state index < -0.39 is 0 Å². The van der Waals surface area contributed by atoms with Crippen molar-refractivity contribution in [2.75, 3.05) is 6.54 Å². The second-order valence-electron chi connectivity index (χ2n) is 2.61. The Balaban J connectivity index is 2.04. The highest BCUT2D eigenvalue weighted by molar-refractivity contribution is 4.92. The maximum atomic E-state index is 3.93. The van der Waals surface area contributed by atoms with Crippen LogP contribution in [0.2, 0.25) is 0 Å². The first kappa shape index (κ1) is 8.27. The Hall–Kier alpha value is -0.830. The molecule has 0 aliphatic heterocycles. The number of aromatic nitrogens is 2. The molecule has 0 bridgehead atoms. The minimum absolute atomic E-state index is 0.903.